The predicted octanol–water partition coefficient (Wildman–Crippen LogP) is 15.4. The van der Waals surface area contributed by atoms with Gasteiger partial charge in [0.15, 0.2) is 0 Å². The third-order valence-electron chi connectivity index (χ3n) is 13.9. The van der Waals surface area contributed by atoms with Crippen LogP contribution in [0.5, 0.6) is 0 Å². The van der Waals surface area contributed by atoms with Gasteiger partial charge in [0.25, 0.3) is 0 Å². The van der Waals surface area contributed by atoms with E-state index in [0.29, 0.717) is 0 Å². The monoisotopic (exact) mass is 796 g/mol. The van der Waals surface area contributed by atoms with E-state index in [-0.39, 0.29) is 5.41 Å². The van der Waals surface area contributed by atoms with Crippen molar-refractivity contribution in [2.45, 2.75) is 34.5 Å². The van der Waals surface area contributed by atoms with Gasteiger partial charge in [0, 0.05) is 48.7 Å². The minimum absolute atomic E-state index is 0.0889. The van der Waals surface area contributed by atoms with E-state index in [4.69, 9.17) is 0 Å². The number of fused-ring (bicyclic) bond motifs is 16. The van der Waals surface area contributed by atoms with Gasteiger partial charge in [-0.3, -0.25) is 0 Å². The van der Waals surface area contributed by atoms with Gasteiger partial charge in [-0.1, -0.05) is 165 Å². The minimum Gasteiger partial charge on any atom is -0.310 e. The van der Waals surface area contributed by atoms with Crippen molar-refractivity contribution in [1.29, 1.82) is 0 Å². The lowest BCUT2D eigenvalue weighted by Gasteiger charge is -2.40. The molecule has 0 saturated carbocycles. The maximum Gasteiger partial charge on any atom is 0.0735 e. The highest BCUT2D eigenvalue weighted by molar-refractivity contribution is 7.99. The zero-order valence-corrected chi connectivity index (χ0v) is 34.7. The van der Waals surface area contributed by atoms with E-state index in [1.807, 2.05) is 11.8 Å². The number of rotatable bonds is 4. The van der Waals surface area contributed by atoms with Crippen molar-refractivity contribution in [1.82, 2.24) is 4.57 Å². The summed E-state index contributed by atoms with van der Waals surface area (Å²) in [6, 6.07) is 76.9. The zero-order valence-electron chi connectivity index (χ0n) is 33.9. The number of para-hydroxylation sites is 2. The van der Waals surface area contributed by atoms with Crippen molar-refractivity contribution in [2.75, 3.05) is 4.90 Å². The molecule has 61 heavy (non-hydrogen) atoms. The van der Waals surface area contributed by atoms with Crippen LogP contribution in [0.3, 0.4) is 0 Å². The molecule has 9 aromatic carbocycles. The van der Waals surface area contributed by atoms with Crippen LogP contribution in [0.15, 0.2) is 216 Å². The summed E-state index contributed by atoms with van der Waals surface area (Å²) in [6.07, 6.45) is 0. The highest BCUT2D eigenvalue weighted by atomic mass is 32.2. The molecule has 3 aliphatic rings. The van der Waals surface area contributed by atoms with Crippen LogP contribution in [0.1, 0.15) is 47.2 Å². The third-order valence-corrected chi connectivity index (χ3v) is 15.1. The quantitative estimate of drug-likeness (QED) is 0.175. The second-order valence-corrected chi connectivity index (χ2v) is 18.3. The number of benzene rings is 9. The van der Waals surface area contributed by atoms with Crippen molar-refractivity contribution in [2.24, 2.45) is 0 Å². The van der Waals surface area contributed by atoms with E-state index in [0.717, 1.165) is 22.7 Å². The highest BCUT2D eigenvalue weighted by Crippen LogP contribution is 2.63. The summed E-state index contributed by atoms with van der Waals surface area (Å²) in [6.45, 7) is 4.71. The molecule has 0 radical (unpaired) electrons. The van der Waals surface area contributed by atoms with Gasteiger partial charge in [-0.2, -0.15) is 0 Å². The van der Waals surface area contributed by atoms with Crippen LogP contribution in [0.2, 0.25) is 0 Å². The van der Waals surface area contributed by atoms with Gasteiger partial charge in [-0.25, -0.2) is 0 Å². The van der Waals surface area contributed by atoms with Crippen molar-refractivity contribution in [3.05, 3.63) is 240 Å². The Bertz CT molecular complexity index is 3380. The number of hydrogen-bond acceptors (Lipinski definition) is 2. The summed E-state index contributed by atoms with van der Waals surface area (Å²) in [7, 11) is 0. The standard InChI is InChI=1S/C58H40N2S/c1-57(2)46-22-10-6-18-41(46)44-33-32-40(36-51(44)57)59(37-16-4-3-5-17-37)38-28-30-39(31-29-38)60-52-26-14-9-21-45(52)55-53(60)35-34-50-56(55)61-54-27-15-13-25-49(54)58(50)47-23-11-7-19-42(47)43-20-8-12-24-48(43)58/h3-36H,1-2H3. The maximum atomic E-state index is 2.47. The van der Waals surface area contributed by atoms with E-state index in [1.165, 1.54) is 87.2 Å². The first-order valence-corrected chi connectivity index (χ1v) is 22.1. The lowest BCUT2D eigenvalue weighted by molar-refractivity contribution is 0.660. The summed E-state index contributed by atoms with van der Waals surface area (Å²) < 4.78 is 2.47. The lowest BCUT2D eigenvalue weighted by Crippen LogP contribution is -2.32. The fourth-order valence-corrected chi connectivity index (χ4v) is 12.6. The molecule has 0 unspecified atom stereocenters. The SMILES string of the molecule is CC1(C)c2ccccc2-c2ccc(N(c3ccccc3)c3ccc(-n4c5ccccc5c5c6c(ccc54)C4(c5ccccc5S6)c5ccccc5-c5ccccc54)cc3)cc21. The number of anilines is 3. The number of aromatic nitrogens is 1. The van der Waals surface area contributed by atoms with Crippen molar-refractivity contribution >= 4 is 50.6 Å². The van der Waals surface area contributed by atoms with Crippen LogP contribution in [-0.2, 0) is 10.8 Å². The molecule has 0 amide bonds. The Kier molecular flexibility index (Phi) is 7.25. The smallest absolute Gasteiger partial charge is 0.0735 e. The molecule has 2 nitrogen and oxygen atoms in total. The molecule has 1 spiro atoms. The van der Waals surface area contributed by atoms with Gasteiger partial charge in [-0.05, 0) is 122 Å². The lowest BCUT2D eigenvalue weighted by atomic mass is 9.67. The van der Waals surface area contributed by atoms with Gasteiger partial charge < -0.3 is 9.47 Å². The van der Waals surface area contributed by atoms with Crippen LogP contribution >= 0.6 is 11.8 Å². The van der Waals surface area contributed by atoms with E-state index in [2.05, 4.69) is 230 Å². The molecule has 0 saturated heterocycles. The first-order chi connectivity index (χ1) is 30.0. The van der Waals surface area contributed by atoms with Gasteiger partial charge >= 0.3 is 0 Å². The van der Waals surface area contributed by atoms with Gasteiger partial charge in [-0.15, -0.1) is 0 Å². The largest absolute Gasteiger partial charge is 0.310 e. The van der Waals surface area contributed by atoms with Crippen molar-refractivity contribution in [3.8, 4) is 27.9 Å². The van der Waals surface area contributed by atoms with Crippen molar-refractivity contribution < 1.29 is 0 Å². The Morgan fingerprint density at radius 2 is 0.967 bits per heavy atom. The van der Waals surface area contributed by atoms with E-state index in [1.54, 1.807) is 0 Å². The zero-order chi connectivity index (χ0) is 40.5. The second-order valence-electron chi connectivity index (χ2n) is 17.2. The summed E-state index contributed by atoms with van der Waals surface area (Å²) in [5, 5.41) is 2.58. The molecule has 0 fully saturated rings. The molecule has 0 atom stereocenters. The second kappa shape index (κ2) is 12.7. The summed E-state index contributed by atoms with van der Waals surface area (Å²) >= 11 is 1.93. The molecule has 0 bridgehead atoms. The van der Waals surface area contributed by atoms with Gasteiger partial charge in [0.2, 0.25) is 0 Å². The average Bonchev–Trinajstić information content (AvgIpc) is 3.89. The highest BCUT2D eigenvalue weighted by Gasteiger charge is 2.50. The van der Waals surface area contributed by atoms with Gasteiger partial charge in [0.05, 0.1) is 16.4 Å². The Morgan fingerprint density at radius 1 is 0.410 bits per heavy atom. The number of nitrogens with zero attached hydrogens (tertiary/aromatic N) is 2. The van der Waals surface area contributed by atoms with Gasteiger partial charge in [0.1, 0.15) is 0 Å². The fourth-order valence-electron chi connectivity index (χ4n) is 11.3. The molecular weight excluding hydrogens is 757 g/mol. The average molecular weight is 797 g/mol. The first kappa shape index (κ1) is 34.8. The molecule has 1 aromatic heterocycles. The normalized spacial score (nSPS) is 14.6. The topological polar surface area (TPSA) is 8.17 Å². The fraction of sp³-hybridized carbons (Fsp3) is 0.0690. The molecule has 288 valence electrons. The van der Waals surface area contributed by atoms with Crippen LogP contribution in [-0.4, -0.2) is 4.57 Å². The molecular formula is C58H40N2S. The van der Waals surface area contributed by atoms with E-state index >= 15 is 0 Å². The molecule has 3 heteroatoms. The van der Waals surface area contributed by atoms with Crippen LogP contribution in [0.4, 0.5) is 17.1 Å². The molecule has 2 aliphatic carbocycles. The Labute approximate surface area is 360 Å². The number of hydrogen-bond donors (Lipinski definition) is 0. The van der Waals surface area contributed by atoms with Crippen LogP contribution in [0, 0.1) is 0 Å². The molecule has 13 rings (SSSR count). The maximum absolute atomic E-state index is 2.47. The van der Waals surface area contributed by atoms with Crippen molar-refractivity contribution in [3.63, 3.8) is 0 Å². The first-order valence-electron chi connectivity index (χ1n) is 21.3. The molecule has 2 heterocycles. The Morgan fingerprint density at radius 3 is 1.70 bits per heavy atom. The molecule has 10 aromatic rings. The van der Waals surface area contributed by atoms with Crippen LogP contribution in [0.25, 0.3) is 49.7 Å². The summed E-state index contributed by atoms with van der Waals surface area (Å²) in [5.74, 6) is 0. The third kappa shape index (κ3) is 4.64. The minimum atomic E-state index is -0.417. The Hall–Kier alpha value is -7.07. The van der Waals surface area contributed by atoms with E-state index in [9.17, 15) is 0 Å². The van der Waals surface area contributed by atoms with E-state index < -0.39 is 5.41 Å². The Balaban J connectivity index is 0.991. The molecule has 1 aliphatic heterocycles. The predicted molar refractivity (Wildman–Crippen MR) is 254 cm³/mol. The summed E-state index contributed by atoms with van der Waals surface area (Å²) in [4.78, 5) is 5.05. The molecule has 0 N–H and O–H groups in total. The summed E-state index contributed by atoms with van der Waals surface area (Å²) in [5.41, 5.74) is 20.0. The van der Waals surface area contributed by atoms with Crippen LogP contribution < -0.4 is 4.90 Å².